The Labute approximate surface area is 126 Å². The van der Waals surface area contributed by atoms with Crippen LogP contribution in [0, 0.1) is 20.8 Å². The Morgan fingerprint density at radius 1 is 1.29 bits per heavy atom. The lowest BCUT2D eigenvalue weighted by Gasteiger charge is -2.01. The van der Waals surface area contributed by atoms with Gasteiger partial charge >= 0.3 is 0 Å². The van der Waals surface area contributed by atoms with Crippen LogP contribution in [0.15, 0.2) is 18.2 Å². The largest absolute Gasteiger partial charge is 0.298 e. The molecule has 2 heterocycles. The summed E-state index contributed by atoms with van der Waals surface area (Å²) in [6.45, 7) is 5.76. The zero-order chi connectivity index (χ0) is 15.1. The van der Waals surface area contributed by atoms with Crippen LogP contribution in [0.25, 0.3) is 10.2 Å². The van der Waals surface area contributed by atoms with Crippen LogP contribution in [0.1, 0.15) is 27.3 Å². The van der Waals surface area contributed by atoms with Gasteiger partial charge in [0, 0.05) is 12.7 Å². The first kappa shape index (κ1) is 13.8. The van der Waals surface area contributed by atoms with E-state index in [-0.39, 0.29) is 5.91 Å². The van der Waals surface area contributed by atoms with E-state index in [0.717, 1.165) is 21.6 Å². The van der Waals surface area contributed by atoms with Crippen LogP contribution < -0.4 is 5.32 Å². The fourth-order valence-corrected chi connectivity index (χ4v) is 3.31. The highest BCUT2D eigenvalue weighted by Gasteiger charge is 2.18. The van der Waals surface area contributed by atoms with Gasteiger partial charge < -0.3 is 0 Å². The number of aromatic nitrogens is 3. The first-order valence-corrected chi connectivity index (χ1v) is 7.46. The van der Waals surface area contributed by atoms with Gasteiger partial charge in [0.05, 0.1) is 21.5 Å². The van der Waals surface area contributed by atoms with Crippen LogP contribution in [-0.4, -0.2) is 20.7 Å². The van der Waals surface area contributed by atoms with Crippen LogP contribution in [0.2, 0.25) is 0 Å². The number of hydrogen-bond acceptors (Lipinski definition) is 4. The molecule has 0 bridgehead atoms. The number of aryl methyl sites for hydroxylation is 3. The maximum absolute atomic E-state index is 12.4. The van der Waals surface area contributed by atoms with E-state index in [0.29, 0.717) is 10.7 Å². The number of benzene rings is 1. The molecule has 0 unspecified atom stereocenters. The van der Waals surface area contributed by atoms with E-state index >= 15 is 0 Å². The Morgan fingerprint density at radius 3 is 2.71 bits per heavy atom. The van der Waals surface area contributed by atoms with Crippen molar-refractivity contribution in [2.45, 2.75) is 20.8 Å². The first-order chi connectivity index (χ1) is 9.95. The highest BCUT2D eigenvalue weighted by Crippen LogP contribution is 2.27. The SMILES string of the molecule is Cc1ccc2nc(NC(=O)c3c(C)nn(C)c3C)sc2c1. The predicted molar refractivity (Wildman–Crippen MR) is 85.0 cm³/mol. The highest BCUT2D eigenvalue weighted by atomic mass is 32.1. The van der Waals surface area contributed by atoms with Crippen molar-refractivity contribution >= 4 is 32.6 Å². The van der Waals surface area contributed by atoms with Crippen molar-refractivity contribution in [3.63, 3.8) is 0 Å². The molecule has 0 saturated carbocycles. The lowest BCUT2D eigenvalue weighted by Crippen LogP contribution is -2.13. The summed E-state index contributed by atoms with van der Waals surface area (Å²) in [5, 5.41) is 7.76. The number of carbonyl (C=O) groups is 1. The van der Waals surface area contributed by atoms with Gasteiger partial charge in [0.2, 0.25) is 0 Å². The molecule has 0 radical (unpaired) electrons. The highest BCUT2D eigenvalue weighted by molar-refractivity contribution is 7.22. The van der Waals surface area contributed by atoms with Crippen molar-refractivity contribution < 1.29 is 4.79 Å². The second-order valence-electron chi connectivity index (χ2n) is 5.11. The van der Waals surface area contributed by atoms with Crippen molar-refractivity contribution in [2.75, 3.05) is 5.32 Å². The van der Waals surface area contributed by atoms with Crippen molar-refractivity contribution in [3.05, 3.63) is 40.7 Å². The molecule has 3 aromatic rings. The van der Waals surface area contributed by atoms with Crippen molar-refractivity contribution in [2.24, 2.45) is 7.05 Å². The molecule has 21 heavy (non-hydrogen) atoms. The van der Waals surface area contributed by atoms with E-state index in [2.05, 4.69) is 21.5 Å². The van der Waals surface area contributed by atoms with E-state index in [1.807, 2.05) is 40.0 Å². The van der Waals surface area contributed by atoms with Crippen molar-refractivity contribution in [1.82, 2.24) is 14.8 Å². The molecule has 0 aliphatic carbocycles. The van der Waals surface area contributed by atoms with Crippen LogP contribution in [0.5, 0.6) is 0 Å². The van der Waals surface area contributed by atoms with E-state index in [1.54, 1.807) is 4.68 Å². The average Bonchev–Trinajstić information content (AvgIpc) is 2.90. The van der Waals surface area contributed by atoms with E-state index in [9.17, 15) is 4.79 Å². The molecule has 3 rings (SSSR count). The number of nitrogens with one attached hydrogen (secondary N) is 1. The minimum absolute atomic E-state index is 0.158. The molecule has 0 fully saturated rings. The lowest BCUT2D eigenvalue weighted by atomic mass is 10.2. The number of thiazole rings is 1. The smallest absolute Gasteiger partial charge is 0.261 e. The maximum atomic E-state index is 12.4. The van der Waals surface area contributed by atoms with E-state index in [4.69, 9.17) is 0 Å². The summed E-state index contributed by atoms with van der Waals surface area (Å²) in [6.07, 6.45) is 0. The molecule has 5 nitrogen and oxygen atoms in total. The molecule has 1 aromatic carbocycles. The topological polar surface area (TPSA) is 59.8 Å². The van der Waals surface area contributed by atoms with Gasteiger partial charge in [0.1, 0.15) is 0 Å². The minimum Gasteiger partial charge on any atom is -0.298 e. The van der Waals surface area contributed by atoms with Gasteiger partial charge in [0.25, 0.3) is 5.91 Å². The summed E-state index contributed by atoms with van der Waals surface area (Å²) in [5.74, 6) is -0.158. The molecule has 1 amide bonds. The summed E-state index contributed by atoms with van der Waals surface area (Å²) in [6, 6.07) is 6.06. The second-order valence-corrected chi connectivity index (χ2v) is 6.14. The summed E-state index contributed by atoms with van der Waals surface area (Å²) in [4.78, 5) is 16.9. The molecule has 0 aliphatic heterocycles. The molecule has 6 heteroatoms. The normalized spacial score (nSPS) is 11.0. The summed E-state index contributed by atoms with van der Waals surface area (Å²) >= 11 is 1.48. The molecule has 108 valence electrons. The molecule has 0 saturated heterocycles. The zero-order valence-electron chi connectivity index (χ0n) is 12.4. The van der Waals surface area contributed by atoms with Gasteiger partial charge in [-0.15, -0.1) is 0 Å². The fourth-order valence-electron chi connectivity index (χ4n) is 2.35. The van der Waals surface area contributed by atoms with Gasteiger partial charge in [-0.3, -0.25) is 14.8 Å². The number of carbonyl (C=O) groups excluding carboxylic acids is 1. The molecule has 2 aromatic heterocycles. The van der Waals surface area contributed by atoms with Crippen molar-refractivity contribution in [1.29, 1.82) is 0 Å². The minimum atomic E-state index is -0.158. The molecule has 0 aliphatic rings. The Hall–Kier alpha value is -2.21. The van der Waals surface area contributed by atoms with Crippen LogP contribution in [0.3, 0.4) is 0 Å². The van der Waals surface area contributed by atoms with E-state index < -0.39 is 0 Å². The van der Waals surface area contributed by atoms with Crippen molar-refractivity contribution in [3.8, 4) is 0 Å². The molecule has 1 N–H and O–H groups in total. The van der Waals surface area contributed by atoms with E-state index in [1.165, 1.54) is 16.9 Å². The monoisotopic (exact) mass is 300 g/mol. The number of rotatable bonds is 2. The number of hydrogen-bond donors (Lipinski definition) is 1. The predicted octanol–water partition coefficient (Wildman–Crippen LogP) is 3.21. The molecule has 0 atom stereocenters. The third kappa shape index (κ3) is 2.42. The number of nitrogens with zero attached hydrogens (tertiary/aromatic N) is 3. The van der Waals surface area contributed by atoms with Gasteiger partial charge in [-0.2, -0.15) is 5.10 Å². The van der Waals surface area contributed by atoms with Gasteiger partial charge in [-0.1, -0.05) is 17.4 Å². The summed E-state index contributed by atoms with van der Waals surface area (Å²) in [5.41, 5.74) is 4.28. The molecule has 0 spiro atoms. The lowest BCUT2D eigenvalue weighted by molar-refractivity contribution is 0.102. The summed E-state index contributed by atoms with van der Waals surface area (Å²) < 4.78 is 2.79. The maximum Gasteiger partial charge on any atom is 0.261 e. The molecular weight excluding hydrogens is 284 g/mol. The number of anilines is 1. The average molecular weight is 300 g/mol. The molecular formula is C15H16N4OS. The quantitative estimate of drug-likeness (QED) is 0.790. The Kier molecular flexibility index (Phi) is 3.25. The third-order valence-corrected chi connectivity index (χ3v) is 4.43. The Balaban J connectivity index is 1.92. The Bertz CT molecular complexity index is 847. The Morgan fingerprint density at radius 2 is 2.05 bits per heavy atom. The van der Waals surface area contributed by atoms with Gasteiger partial charge in [-0.05, 0) is 38.5 Å². The van der Waals surface area contributed by atoms with Gasteiger partial charge in [-0.25, -0.2) is 4.98 Å². The van der Waals surface area contributed by atoms with Crippen LogP contribution in [0.4, 0.5) is 5.13 Å². The zero-order valence-corrected chi connectivity index (χ0v) is 13.2. The summed E-state index contributed by atoms with van der Waals surface area (Å²) in [7, 11) is 1.83. The standard InChI is InChI=1S/C15H16N4OS/c1-8-5-6-11-12(7-8)21-15(16-11)17-14(20)13-9(2)18-19(4)10(13)3/h5-7H,1-4H3,(H,16,17,20). The second kappa shape index (κ2) is 4.96. The first-order valence-electron chi connectivity index (χ1n) is 6.64. The van der Waals surface area contributed by atoms with Crippen LogP contribution >= 0.6 is 11.3 Å². The number of fused-ring (bicyclic) bond motifs is 1. The fraction of sp³-hybridized carbons (Fsp3) is 0.267. The third-order valence-electron chi connectivity index (χ3n) is 3.50. The number of amides is 1. The van der Waals surface area contributed by atoms with Gasteiger partial charge in [0.15, 0.2) is 5.13 Å². The van der Waals surface area contributed by atoms with Crippen LogP contribution in [-0.2, 0) is 7.05 Å².